The Morgan fingerprint density at radius 3 is 2.77 bits per heavy atom. The molecule has 1 aliphatic rings. The molecule has 2 aromatic heterocycles. The molecule has 1 aromatic carbocycles. The molecule has 0 unspecified atom stereocenters. The van der Waals surface area contributed by atoms with E-state index in [4.69, 9.17) is 0 Å². The minimum absolute atomic E-state index is 0.130. The van der Waals surface area contributed by atoms with Crippen molar-refractivity contribution in [1.29, 1.82) is 0 Å². The number of pyridine rings is 1. The Balaban J connectivity index is 1.37. The van der Waals surface area contributed by atoms with Crippen LogP contribution >= 0.6 is 0 Å². The van der Waals surface area contributed by atoms with Gasteiger partial charge in [0.25, 0.3) is 0 Å². The summed E-state index contributed by atoms with van der Waals surface area (Å²) in [6, 6.07) is 12.1. The van der Waals surface area contributed by atoms with Crippen molar-refractivity contribution >= 4 is 17.7 Å². The SMILES string of the molecule is Cc1ccc(Nc2nccc([C@H]3CCCN(C(=O)CCc4ccc(F)cc4)C3)n2)nc1. The molecule has 1 amide bonds. The van der Waals surface area contributed by atoms with Gasteiger partial charge in [-0.1, -0.05) is 18.2 Å². The number of aryl methyl sites for hydroxylation is 2. The van der Waals surface area contributed by atoms with Crippen LogP contribution in [0.15, 0.2) is 54.9 Å². The van der Waals surface area contributed by atoms with Gasteiger partial charge in [-0.2, -0.15) is 0 Å². The Morgan fingerprint density at radius 2 is 2.00 bits per heavy atom. The van der Waals surface area contributed by atoms with Crippen LogP contribution in [-0.4, -0.2) is 38.8 Å². The summed E-state index contributed by atoms with van der Waals surface area (Å²) in [6.45, 7) is 3.41. The fraction of sp³-hybridized carbons (Fsp3) is 0.333. The molecule has 3 heterocycles. The molecule has 0 saturated carbocycles. The maximum absolute atomic E-state index is 13.1. The molecule has 1 saturated heterocycles. The van der Waals surface area contributed by atoms with Crippen molar-refractivity contribution in [2.24, 2.45) is 0 Å². The van der Waals surface area contributed by atoms with Gasteiger partial charge in [0.15, 0.2) is 0 Å². The largest absolute Gasteiger partial charge is 0.342 e. The zero-order chi connectivity index (χ0) is 21.6. The van der Waals surface area contributed by atoms with Gasteiger partial charge in [-0.15, -0.1) is 0 Å². The minimum atomic E-state index is -0.259. The van der Waals surface area contributed by atoms with Gasteiger partial charge >= 0.3 is 0 Å². The first-order valence-corrected chi connectivity index (χ1v) is 10.6. The topological polar surface area (TPSA) is 71.0 Å². The number of carbonyl (C=O) groups is 1. The Bertz CT molecular complexity index is 1020. The Morgan fingerprint density at radius 1 is 1.16 bits per heavy atom. The van der Waals surface area contributed by atoms with E-state index < -0.39 is 0 Å². The number of piperidine rings is 1. The highest BCUT2D eigenvalue weighted by Crippen LogP contribution is 2.27. The van der Waals surface area contributed by atoms with Gasteiger partial charge in [0.2, 0.25) is 11.9 Å². The highest BCUT2D eigenvalue weighted by molar-refractivity contribution is 5.76. The van der Waals surface area contributed by atoms with E-state index in [9.17, 15) is 9.18 Å². The van der Waals surface area contributed by atoms with Gasteiger partial charge in [0.05, 0.1) is 5.69 Å². The molecule has 4 rings (SSSR count). The summed E-state index contributed by atoms with van der Waals surface area (Å²) < 4.78 is 13.1. The summed E-state index contributed by atoms with van der Waals surface area (Å²) in [5, 5.41) is 3.15. The second kappa shape index (κ2) is 9.64. The van der Waals surface area contributed by atoms with E-state index in [0.717, 1.165) is 36.2 Å². The molecule has 1 aliphatic heterocycles. The number of nitrogens with zero attached hydrogens (tertiary/aromatic N) is 4. The molecule has 1 atom stereocenters. The van der Waals surface area contributed by atoms with Crippen molar-refractivity contribution < 1.29 is 9.18 Å². The molecular formula is C24H26FN5O. The lowest BCUT2D eigenvalue weighted by atomic mass is 9.94. The monoisotopic (exact) mass is 419 g/mol. The van der Waals surface area contributed by atoms with Crippen molar-refractivity contribution in [2.45, 2.75) is 38.5 Å². The van der Waals surface area contributed by atoms with Crippen molar-refractivity contribution in [3.8, 4) is 0 Å². The van der Waals surface area contributed by atoms with E-state index in [2.05, 4.69) is 20.3 Å². The Kier molecular flexibility index (Phi) is 6.50. The van der Waals surface area contributed by atoms with Gasteiger partial charge in [-0.25, -0.2) is 19.3 Å². The van der Waals surface area contributed by atoms with E-state index in [1.165, 1.54) is 12.1 Å². The average molecular weight is 420 g/mol. The summed E-state index contributed by atoms with van der Waals surface area (Å²) in [7, 11) is 0. The molecule has 1 N–H and O–H groups in total. The summed E-state index contributed by atoms with van der Waals surface area (Å²) in [4.78, 5) is 28.0. The number of hydrogen-bond donors (Lipinski definition) is 1. The average Bonchev–Trinajstić information content (AvgIpc) is 2.80. The quantitative estimate of drug-likeness (QED) is 0.641. The van der Waals surface area contributed by atoms with Gasteiger partial charge in [-0.3, -0.25) is 4.79 Å². The lowest BCUT2D eigenvalue weighted by Crippen LogP contribution is -2.39. The predicted molar refractivity (Wildman–Crippen MR) is 118 cm³/mol. The van der Waals surface area contributed by atoms with Crippen LogP contribution in [0, 0.1) is 12.7 Å². The summed E-state index contributed by atoms with van der Waals surface area (Å²) >= 11 is 0. The number of halogens is 1. The highest BCUT2D eigenvalue weighted by atomic mass is 19.1. The first kappa shape index (κ1) is 20.9. The van der Waals surface area contributed by atoms with E-state index >= 15 is 0 Å². The van der Waals surface area contributed by atoms with Crippen LogP contribution in [0.2, 0.25) is 0 Å². The number of carbonyl (C=O) groups excluding carboxylic acids is 1. The number of anilines is 2. The zero-order valence-electron chi connectivity index (χ0n) is 17.6. The second-order valence-corrected chi connectivity index (χ2v) is 7.96. The third kappa shape index (κ3) is 5.63. The van der Waals surface area contributed by atoms with Crippen LogP contribution in [0.25, 0.3) is 0 Å². The van der Waals surface area contributed by atoms with Crippen molar-refractivity contribution in [2.75, 3.05) is 18.4 Å². The van der Waals surface area contributed by atoms with Crippen molar-refractivity contribution in [3.63, 3.8) is 0 Å². The van der Waals surface area contributed by atoms with E-state index in [1.54, 1.807) is 24.5 Å². The molecule has 7 heteroatoms. The molecule has 0 aliphatic carbocycles. The van der Waals surface area contributed by atoms with Gasteiger partial charge in [0.1, 0.15) is 11.6 Å². The fourth-order valence-electron chi connectivity index (χ4n) is 3.82. The zero-order valence-corrected chi connectivity index (χ0v) is 17.6. The van der Waals surface area contributed by atoms with Gasteiger partial charge in [-0.05, 0) is 61.6 Å². The standard InChI is InChI=1S/C24H26FN5O/c1-17-4-10-22(27-15-17)29-24-26-13-12-21(28-24)19-3-2-14-30(16-19)23(31)11-7-18-5-8-20(25)9-6-18/h4-6,8-10,12-13,15,19H,2-3,7,11,14,16H2,1H3,(H,26,27,28,29)/t19-/m0/s1. The molecule has 0 spiro atoms. The predicted octanol–water partition coefficient (Wildman–Crippen LogP) is 4.40. The Hall–Kier alpha value is -3.35. The summed E-state index contributed by atoms with van der Waals surface area (Å²) in [5.74, 6) is 1.26. The molecule has 6 nitrogen and oxygen atoms in total. The number of nitrogens with one attached hydrogen (secondary N) is 1. The molecule has 1 fully saturated rings. The highest BCUT2D eigenvalue weighted by Gasteiger charge is 2.25. The van der Waals surface area contributed by atoms with Crippen LogP contribution in [0.4, 0.5) is 16.2 Å². The normalized spacial score (nSPS) is 16.2. The third-order valence-corrected chi connectivity index (χ3v) is 5.56. The van der Waals surface area contributed by atoms with Crippen molar-refractivity contribution in [1.82, 2.24) is 19.9 Å². The van der Waals surface area contributed by atoms with Crippen LogP contribution in [0.5, 0.6) is 0 Å². The number of rotatable bonds is 6. The molecule has 31 heavy (non-hydrogen) atoms. The number of hydrogen-bond acceptors (Lipinski definition) is 5. The maximum atomic E-state index is 13.1. The first-order chi connectivity index (χ1) is 15.1. The molecule has 160 valence electrons. The first-order valence-electron chi connectivity index (χ1n) is 10.6. The lowest BCUT2D eigenvalue weighted by Gasteiger charge is -2.32. The fourth-order valence-corrected chi connectivity index (χ4v) is 3.82. The van der Waals surface area contributed by atoms with Crippen molar-refractivity contribution in [3.05, 3.63) is 77.5 Å². The van der Waals surface area contributed by atoms with Crippen LogP contribution in [-0.2, 0) is 11.2 Å². The van der Waals surface area contributed by atoms with Crippen LogP contribution in [0.1, 0.15) is 42.0 Å². The summed E-state index contributed by atoms with van der Waals surface area (Å²) in [5.41, 5.74) is 2.99. The molecule has 0 bridgehead atoms. The summed E-state index contributed by atoms with van der Waals surface area (Å²) in [6.07, 6.45) is 6.51. The third-order valence-electron chi connectivity index (χ3n) is 5.56. The van der Waals surface area contributed by atoms with E-state index in [-0.39, 0.29) is 17.6 Å². The number of aromatic nitrogens is 3. The number of benzene rings is 1. The number of likely N-dealkylation sites (tertiary alicyclic amines) is 1. The second-order valence-electron chi connectivity index (χ2n) is 7.96. The molecule has 0 radical (unpaired) electrons. The number of amides is 1. The maximum Gasteiger partial charge on any atom is 0.228 e. The van der Waals surface area contributed by atoms with Crippen LogP contribution in [0.3, 0.4) is 0 Å². The van der Waals surface area contributed by atoms with E-state index in [1.807, 2.05) is 30.0 Å². The van der Waals surface area contributed by atoms with Gasteiger partial charge < -0.3 is 10.2 Å². The smallest absolute Gasteiger partial charge is 0.228 e. The minimum Gasteiger partial charge on any atom is -0.342 e. The van der Waals surface area contributed by atoms with Crippen LogP contribution < -0.4 is 5.32 Å². The van der Waals surface area contributed by atoms with Gasteiger partial charge in [0, 0.05) is 37.8 Å². The molecular weight excluding hydrogens is 393 g/mol. The van der Waals surface area contributed by atoms with E-state index in [0.29, 0.717) is 31.2 Å². The molecule has 3 aromatic rings. The lowest BCUT2D eigenvalue weighted by molar-refractivity contribution is -0.132. The Labute approximate surface area is 181 Å².